The maximum atomic E-state index is 6.65. The van der Waals surface area contributed by atoms with Gasteiger partial charge in [-0.1, -0.05) is 77.8 Å². The zero-order valence-corrected chi connectivity index (χ0v) is 19.8. The topological polar surface area (TPSA) is 30.7 Å². The fraction of sp³-hybridized carbons (Fsp3) is 0.172. The summed E-state index contributed by atoms with van der Waals surface area (Å²) in [7, 11) is 0. The van der Waals surface area contributed by atoms with Gasteiger partial charge in [-0.15, -0.1) is 0 Å². The van der Waals surface area contributed by atoms with Gasteiger partial charge < -0.3 is 4.57 Å². The van der Waals surface area contributed by atoms with Crippen molar-refractivity contribution in [3.05, 3.63) is 118 Å². The Morgan fingerprint density at radius 2 is 1.64 bits per heavy atom. The van der Waals surface area contributed by atoms with Crippen LogP contribution in [-0.2, 0) is 6.54 Å². The first-order chi connectivity index (χ1) is 16.1. The standard InChI is InChI=1S/C29H26ClN3/c1-4-33-18-31-17-26(33)28(22-12-10-19(2)11-13-22)23-14-15-25-24(16-23)20(3)27(29(30)32-25)21-8-6-5-7-9-21/h5-18,28H,4H2,1-3H3. The first-order valence-corrected chi connectivity index (χ1v) is 11.7. The number of imidazole rings is 1. The van der Waals surface area contributed by atoms with Gasteiger partial charge in [0.05, 0.1) is 17.8 Å². The summed E-state index contributed by atoms with van der Waals surface area (Å²) in [4.78, 5) is 9.20. The van der Waals surface area contributed by atoms with Crippen molar-refractivity contribution >= 4 is 22.5 Å². The van der Waals surface area contributed by atoms with Gasteiger partial charge in [0, 0.05) is 29.4 Å². The monoisotopic (exact) mass is 451 g/mol. The largest absolute Gasteiger partial charge is 0.334 e. The van der Waals surface area contributed by atoms with Crippen LogP contribution in [-0.4, -0.2) is 14.5 Å². The number of rotatable bonds is 5. The summed E-state index contributed by atoms with van der Waals surface area (Å²) in [6.07, 6.45) is 3.90. The van der Waals surface area contributed by atoms with Crippen LogP contribution in [0.2, 0.25) is 5.15 Å². The average molecular weight is 452 g/mol. The summed E-state index contributed by atoms with van der Waals surface area (Å²) in [6, 6.07) is 25.6. The van der Waals surface area contributed by atoms with Crippen LogP contribution in [0.25, 0.3) is 22.0 Å². The first kappa shape index (κ1) is 21.4. The molecule has 3 nitrogen and oxygen atoms in total. The maximum Gasteiger partial charge on any atom is 0.137 e. The van der Waals surface area contributed by atoms with Gasteiger partial charge in [0.1, 0.15) is 5.15 Å². The number of benzene rings is 3. The Hall–Kier alpha value is -3.43. The molecule has 0 aliphatic carbocycles. The van der Waals surface area contributed by atoms with Crippen molar-refractivity contribution in [3.63, 3.8) is 0 Å². The molecule has 0 amide bonds. The summed E-state index contributed by atoms with van der Waals surface area (Å²) in [5.74, 6) is 0.0766. The van der Waals surface area contributed by atoms with Crippen molar-refractivity contribution in [3.8, 4) is 11.1 Å². The van der Waals surface area contributed by atoms with Crippen LogP contribution in [0, 0.1) is 13.8 Å². The second kappa shape index (κ2) is 8.84. The summed E-state index contributed by atoms with van der Waals surface area (Å²) in [6.45, 7) is 7.29. The molecule has 1 atom stereocenters. The molecule has 0 spiro atoms. The third-order valence-electron chi connectivity index (χ3n) is 6.41. The molecule has 0 fully saturated rings. The lowest BCUT2D eigenvalue weighted by molar-refractivity contribution is 0.699. The zero-order valence-electron chi connectivity index (χ0n) is 19.1. The zero-order chi connectivity index (χ0) is 22.9. The molecule has 0 aliphatic heterocycles. The van der Waals surface area contributed by atoms with E-state index in [1.54, 1.807) is 0 Å². The van der Waals surface area contributed by atoms with Crippen LogP contribution in [0.1, 0.15) is 40.8 Å². The lowest BCUT2D eigenvalue weighted by Crippen LogP contribution is -2.10. The number of aryl methyl sites for hydroxylation is 3. The lowest BCUT2D eigenvalue weighted by Gasteiger charge is -2.21. The minimum absolute atomic E-state index is 0.0766. The van der Waals surface area contributed by atoms with E-state index in [9.17, 15) is 0 Å². The second-order valence-corrected chi connectivity index (χ2v) is 8.85. The summed E-state index contributed by atoms with van der Waals surface area (Å²) in [5.41, 5.74) is 9.03. The third kappa shape index (κ3) is 3.94. The van der Waals surface area contributed by atoms with E-state index in [-0.39, 0.29) is 5.92 Å². The van der Waals surface area contributed by atoms with Crippen molar-refractivity contribution in [2.24, 2.45) is 0 Å². The van der Waals surface area contributed by atoms with Crippen molar-refractivity contribution in [1.82, 2.24) is 14.5 Å². The van der Waals surface area contributed by atoms with Crippen molar-refractivity contribution in [2.45, 2.75) is 33.2 Å². The van der Waals surface area contributed by atoms with E-state index >= 15 is 0 Å². The Labute approximate surface area is 199 Å². The van der Waals surface area contributed by atoms with Crippen molar-refractivity contribution < 1.29 is 0 Å². The Morgan fingerprint density at radius 3 is 2.36 bits per heavy atom. The summed E-state index contributed by atoms with van der Waals surface area (Å²) < 4.78 is 2.22. The molecule has 5 rings (SSSR count). The first-order valence-electron chi connectivity index (χ1n) is 11.3. The predicted octanol–water partition coefficient (Wildman–Crippen LogP) is 7.57. The van der Waals surface area contributed by atoms with E-state index in [2.05, 4.69) is 84.9 Å². The fourth-order valence-electron chi connectivity index (χ4n) is 4.65. The van der Waals surface area contributed by atoms with Gasteiger partial charge >= 0.3 is 0 Å². The van der Waals surface area contributed by atoms with Gasteiger partial charge in [0.25, 0.3) is 0 Å². The van der Waals surface area contributed by atoms with Gasteiger partial charge in [-0.3, -0.25) is 0 Å². The van der Waals surface area contributed by atoms with Gasteiger partial charge in [0.15, 0.2) is 0 Å². The number of hydrogen-bond acceptors (Lipinski definition) is 2. The highest BCUT2D eigenvalue weighted by Crippen LogP contribution is 2.38. The molecule has 0 bridgehead atoms. The highest BCUT2D eigenvalue weighted by Gasteiger charge is 2.22. The van der Waals surface area contributed by atoms with Crippen molar-refractivity contribution in [1.29, 1.82) is 0 Å². The molecule has 2 heterocycles. The number of hydrogen-bond donors (Lipinski definition) is 0. The molecular formula is C29H26ClN3. The Kier molecular flexibility index (Phi) is 5.74. The normalized spacial score (nSPS) is 12.2. The van der Waals surface area contributed by atoms with Crippen LogP contribution < -0.4 is 0 Å². The molecule has 1 unspecified atom stereocenters. The minimum atomic E-state index is 0.0766. The van der Waals surface area contributed by atoms with Gasteiger partial charge in [0.2, 0.25) is 0 Å². The molecule has 0 aliphatic rings. The molecule has 2 aromatic heterocycles. The van der Waals surface area contributed by atoms with E-state index < -0.39 is 0 Å². The van der Waals surface area contributed by atoms with Crippen LogP contribution in [0.5, 0.6) is 0 Å². The average Bonchev–Trinajstić information content (AvgIpc) is 3.30. The molecule has 0 saturated carbocycles. The van der Waals surface area contributed by atoms with Crippen LogP contribution in [0.3, 0.4) is 0 Å². The van der Waals surface area contributed by atoms with Crippen molar-refractivity contribution in [2.75, 3.05) is 0 Å². The number of fused-ring (bicyclic) bond motifs is 1. The molecule has 3 aromatic carbocycles. The lowest BCUT2D eigenvalue weighted by atomic mass is 9.86. The molecule has 0 radical (unpaired) electrons. The van der Waals surface area contributed by atoms with E-state index in [0.29, 0.717) is 5.15 Å². The number of aromatic nitrogens is 3. The van der Waals surface area contributed by atoms with E-state index in [4.69, 9.17) is 16.6 Å². The van der Waals surface area contributed by atoms with Crippen LogP contribution in [0.15, 0.2) is 85.3 Å². The maximum absolute atomic E-state index is 6.65. The molecule has 164 valence electrons. The van der Waals surface area contributed by atoms with Gasteiger partial charge in [-0.25, -0.2) is 9.97 Å². The number of pyridine rings is 1. The van der Waals surface area contributed by atoms with Gasteiger partial charge in [-0.05, 0) is 55.2 Å². The van der Waals surface area contributed by atoms with Crippen LogP contribution in [0.4, 0.5) is 0 Å². The van der Waals surface area contributed by atoms with Crippen LogP contribution >= 0.6 is 11.6 Å². The Bertz CT molecular complexity index is 1420. The predicted molar refractivity (Wildman–Crippen MR) is 137 cm³/mol. The molecule has 5 aromatic rings. The molecule has 0 saturated heterocycles. The smallest absolute Gasteiger partial charge is 0.137 e. The summed E-state index contributed by atoms with van der Waals surface area (Å²) in [5, 5.41) is 1.66. The fourth-order valence-corrected chi connectivity index (χ4v) is 4.99. The number of halogens is 1. The molecule has 33 heavy (non-hydrogen) atoms. The molecular weight excluding hydrogens is 426 g/mol. The molecule has 0 N–H and O–H groups in total. The third-order valence-corrected chi connectivity index (χ3v) is 6.69. The Morgan fingerprint density at radius 1 is 0.909 bits per heavy atom. The quantitative estimate of drug-likeness (QED) is 0.258. The number of nitrogens with zero attached hydrogens (tertiary/aromatic N) is 3. The highest BCUT2D eigenvalue weighted by molar-refractivity contribution is 6.33. The highest BCUT2D eigenvalue weighted by atomic mass is 35.5. The SMILES string of the molecule is CCn1cncc1C(c1ccc(C)cc1)c1ccc2nc(Cl)c(-c3ccccc3)c(C)c2c1. The minimum Gasteiger partial charge on any atom is -0.334 e. The summed E-state index contributed by atoms with van der Waals surface area (Å²) >= 11 is 6.65. The van der Waals surface area contributed by atoms with Gasteiger partial charge in [-0.2, -0.15) is 0 Å². The second-order valence-electron chi connectivity index (χ2n) is 8.49. The molecule has 4 heteroatoms. The van der Waals surface area contributed by atoms with E-state index in [1.807, 2.05) is 30.7 Å². The Balaban J connectivity index is 1.73. The van der Waals surface area contributed by atoms with E-state index in [0.717, 1.165) is 34.1 Å². The van der Waals surface area contributed by atoms with E-state index in [1.165, 1.54) is 22.4 Å².